The number of thioether (sulfide) groups is 3. The summed E-state index contributed by atoms with van der Waals surface area (Å²) in [4.78, 5) is 120. The average molecular weight is 1860 g/mol. The van der Waals surface area contributed by atoms with Crippen molar-refractivity contribution in [2.45, 2.75) is 144 Å². The molecule has 3 amide bonds. The molecule has 0 aliphatic carbocycles. The van der Waals surface area contributed by atoms with Gasteiger partial charge in [0.05, 0.1) is 83.0 Å². The maximum Gasteiger partial charge on any atom is 0.350 e. The third-order valence-electron chi connectivity index (χ3n) is 28.7. The summed E-state index contributed by atoms with van der Waals surface area (Å²) >= 11 is 5.49. The van der Waals surface area contributed by atoms with E-state index in [1.54, 1.807) is 11.8 Å². The molecule has 6 saturated heterocycles. The van der Waals surface area contributed by atoms with E-state index in [4.69, 9.17) is 19.7 Å². The molecule has 0 bridgehead atoms. The first-order valence-corrected chi connectivity index (χ1v) is 49.6. The van der Waals surface area contributed by atoms with Crippen molar-refractivity contribution in [1.29, 1.82) is 0 Å². The lowest BCUT2D eigenvalue weighted by Crippen LogP contribution is -2.58. The number of hydrogen-bond donors (Lipinski definition) is 0. The third kappa shape index (κ3) is 16.5. The number of carbonyl (C=O) groups is 3. The molecule has 10 atom stereocenters. The minimum absolute atomic E-state index is 0.00916. The predicted molar refractivity (Wildman–Crippen MR) is 532 cm³/mol. The number of para-hydroxylation sites is 3. The summed E-state index contributed by atoms with van der Waals surface area (Å²) < 4.78 is 31.4. The van der Waals surface area contributed by atoms with Crippen LogP contribution in [0, 0.1) is 20.8 Å². The smallest absolute Gasteiger partial charge is 0.350 e. The molecule has 0 saturated carbocycles. The number of likely N-dealkylation sites (N-methyl/N-ethyl adjacent to an activating group) is 1. The Kier molecular flexibility index (Phi) is 25.3. The molecule has 21 rings (SSSR count). The van der Waals surface area contributed by atoms with E-state index in [2.05, 4.69) is 184 Å². The zero-order valence-corrected chi connectivity index (χ0v) is 80.8. The van der Waals surface area contributed by atoms with Crippen LogP contribution in [0.15, 0.2) is 158 Å². The number of ether oxygens (including phenoxy) is 1. The Labute approximate surface area is 786 Å². The Morgan fingerprint density at radius 3 is 1.03 bits per heavy atom. The van der Waals surface area contributed by atoms with Gasteiger partial charge in [0, 0.05) is 266 Å². The highest BCUT2D eigenvalue weighted by Gasteiger charge is 2.43. The van der Waals surface area contributed by atoms with E-state index in [1.807, 2.05) is 133 Å². The molecule has 0 radical (unpaired) electrons. The lowest BCUT2D eigenvalue weighted by molar-refractivity contribution is -0.131. The zero-order valence-electron chi connectivity index (χ0n) is 78.3. The van der Waals surface area contributed by atoms with Crippen molar-refractivity contribution in [3.63, 3.8) is 0 Å². The summed E-state index contributed by atoms with van der Waals surface area (Å²) in [5.41, 5.74) is 15.5. The lowest BCUT2D eigenvalue weighted by Gasteiger charge is -2.45. The maximum absolute atomic E-state index is 14.3. The van der Waals surface area contributed by atoms with Crippen LogP contribution in [-0.4, -0.2) is 301 Å². The van der Waals surface area contributed by atoms with E-state index in [1.165, 1.54) is 18.2 Å². The Hall–Kier alpha value is -11.0. The van der Waals surface area contributed by atoms with Crippen molar-refractivity contribution >= 4 is 136 Å². The van der Waals surface area contributed by atoms with E-state index in [0.717, 1.165) is 194 Å². The van der Waals surface area contributed by atoms with Crippen LogP contribution in [-0.2, 0) is 40.3 Å². The van der Waals surface area contributed by atoms with E-state index in [-0.39, 0.29) is 89.2 Å². The number of alkyl halides is 1. The van der Waals surface area contributed by atoms with Crippen molar-refractivity contribution in [3.8, 4) is 33.4 Å². The van der Waals surface area contributed by atoms with E-state index in [0.29, 0.717) is 102 Å². The maximum atomic E-state index is 14.3. The van der Waals surface area contributed by atoms with Gasteiger partial charge in [0.15, 0.2) is 0 Å². The highest BCUT2D eigenvalue weighted by atomic mass is 32.2. The van der Waals surface area contributed by atoms with Gasteiger partial charge in [0.2, 0.25) is 17.7 Å². The van der Waals surface area contributed by atoms with Crippen LogP contribution < -0.4 is 31.8 Å². The number of aromatic nitrogens is 12. The molecule has 696 valence electrons. The molecule has 0 N–H and O–H groups in total. The number of nitrogens with zero attached hydrogens (tertiary/aromatic N) is 22. The van der Waals surface area contributed by atoms with Crippen molar-refractivity contribution < 1.29 is 23.5 Å². The van der Waals surface area contributed by atoms with Gasteiger partial charge >= 0.3 is 17.1 Å². The van der Waals surface area contributed by atoms with Gasteiger partial charge in [0.1, 0.15) is 23.6 Å². The molecule has 9 aliphatic rings. The summed E-state index contributed by atoms with van der Waals surface area (Å²) in [6.45, 7) is 43.9. The van der Waals surface area contributed by atoms with Gasteiger partial charge in [-0.1, -0.05) is 74.3 Å². The van der Waals surface area contributed by atoms with Gasteiger partial charge < -0.3 is 39.0 Å². The molecule has 133 heavy (non-hydrogen) atoms. The largest absolute Gasteiger partial charge is 0.379 e. The predicted octanol–water partition coefficient (Wildman–Crippen LogP) is 12.2. The number of rotatable bonds is 15. The highest BCUT2D eigenvalue weighted by molar-refractivity contribution is 8.00. The lowest BCUT2D eigenvalue weighted by atomic mass is 9.95. The van der Waals surface area contributed by atoms with Gasteiger partial charge in [0.25, 0.3) is 0 Å². The van der Waals surface area contributed by atoms with Crippen LogP contribution in [0.3, 0.4) is 0 Å². The van der Waals surface area contributed by atoms with Crippen LogP contribution in [0.4, 0.5) is 21.8 Å². The van der Waals surface area contributed by atoms with E-state index < -0.39 is 6.17 Å². The summed E-state index contributed by atoms with van der Waals surface area (Å²) in [5.74, 6) is 4.15. The minimum atomic E-state index is -0.819. The highest BCUT2D eigenvalue weighted by Crippen LogP contribution is 2.52. The molecule has 4 unspecified atom stereocenters. The number of hydrogen-bond acceptors (Lipinski definition) is 23. The number of fused-ring (bicyclic) bond motifs is 3. The molecule has 9 aliphatic heterocycles. The molecule has 6 aromatic carbocycles. The van der Waals surface area contributed by atoms with Gasteiger partial charge in [-0.15, -0.1) is 35.3 Å². The summed E-state index contributed by atoms with van der Waals surface area (Å²) in [7, 11) is 8.10. The number of morpholine rings is 1. The Morgan fingerprint density at radius 1 is 0.421 bits per heavy atom. The van der Waals surface area contributed by atoms with Crippen LogP contribution in [0.25, 0.3) is 98.8 Å². The summed E-state index contributed by atoms with van der Waals surface area (Å²) in [6.07, 6.45) is 9.56. The topological polar surface area (TPSA) is 251 Å². The quantitative estimate of drug-likeness (QED) is 0.0865. The molecule has 0 spiro atoms. The van der Waals surface area contributed by atoms with Gasteiger partial charge in [-0.2, -0.15) is 30.2 Å². The summed E-state index contributed by atoms with van der Waals surface area (Å²) in [5, 5.41) is 19.8. The molecule has 29 nitrogen and oxygen atoms in total. The number of benzene rings is 6. The second-order valence-corrected chi connectivity index (χ2v) is 41.0. The third-order valence-corrected chi connectivity index (χ3v) is 32.4. The molecular formula is C100H119FN22O7S3. The summed E-state index contributed by atoms with van der Waals surface area (Å²) in [6, 6.07) is 25.1. The normalized spacial score (nSPS) is 23.1. The van der Waals surface area contributed by atoms with Crippen LogP contribution in [0.1, 0.15) is 82.8 Å². The molecule has 15 heterocycles. The first kappa shape index (κ1) is 91.1. The van der Waals surface area contributed by atoms with Crippen LogP contribution >= 0.6 is 35.3 Å². The number of amides is 3. The zero-order chi connectivity index (χ0) is 93.1. The van der Waals surface area contributed by atoms with Crippen molar-refractivity contribution in [2.75, 3.05) is 163 Å². The van der Waals surface area contributed by atoms with Gasteiger partial charge in [-0.25, -0.2) is 18.8 Å². The molecule has 6 aromatic heterocycles. The second-order valence-electron chi connectivity index (χ2n) is 37.9. The number of halogens is 1. The number of piperazine rings is 4. The monoisotopic (exact) mass is 1850 g/mol. The molecule has 12 aromatic rings. The number of carbonyl (C=O) groups excluding carboxylic acids is 3. The Morgan fingerprint density at radius 2 is 0.729 bits per heavy atom. The molecular weight excluding hydrogens is 1740 g/mol. The molecule has 6 fully saturated rings. The first-order valence-electron chi connectivity index (χ1n) is 46.7. The second kappa shape index (κ2) is 37.0. The van der Waals surface area contributed by atoms with Gasteiger partial charge in [-0.05, 0) is 129 Å². The molecule has 33 heteroatoms. The Balaban J connectivity index is 0.000000129. The number of anilines is 3. The van der Waals surface area contributed by atoms with Crippen molar-refractivity contribution in [1.82, 2.24) is 92.3 Å². The first-order chi connectivity index (χ1) is 64.1. The SMILES string of the molecule is C=CC(=O)N1[C@H](C)CN(c2nc(=O)n3c4c(c(-c5cccc6cnn(C)c56)c(C)cc24)SCC3CN2CCC(F)C2)C[C@@H]1C.C=CC(=O)N1[C@H](C)CN(c2nc(=O)n3c4c(c(-c5cccc6cnn(C)c56)c(C)cc24)SCC3CN2CCN(C)CC2)C[C@@H]1C.C=CC(=O)N1[C@H](C)CN(c2nc(=O)n3c4c(c(-c5cccc6cnn(C)c56)c(C)cc24)SCC3CN2CCOCC2)C[C@@H]1C. The van der Waals surface area contributed by atoms with E-state index >= 15 is 0 Å². The number of likely N-dealkylation sites (tertiary alicyclic amines) is 1. The number of aryl methyl sites for hydroxylation is 6. The Bertz CT molecular complexity index is 6580. The van der Waals surface area contributed by atoms with Crippen LogP contribution in [0.5, 0.6) is 0 Å². The fourth-order valence-electron chi connectivity index (χ4n) is 22.9. The average Bonchev–Trinajstić information content (AvgIpc) is 1.54. The van der Waals surface area contributed by atoms with Crippen molar-refractivity contribution in [2.24, 2.45) is 21.1 Å². The van der Waals surface area contributed by atoms with E-state index in [9.17, 15) is 33.2 Å². The van der Waals surface area contributed by atoms with Gasteiger partial charge in [-0.3, -0.25) is 56.8 Å². The van der Waals surface area contributed by atoms with Crippen LogP contribution in [0.2, 0.25) is 0 Å². The standard InChI is InChI=1S/C34H42N8O2S.C33H38FN7O2S.C33H39N7O3S/c1-7-28(43)41-22(3)17-40(18-23(41)4)33-27-15-21(2)29(26-10-8-9-24-16-35-38(6)30(24)26)32-31(27)42(34(44)36-33)25(20-45-32)19-39-13-11-37(5)12-14-39;1-6-27(42)40-20(3)14-39(15-21(40)4)32-26-12-19(2)28(25-9-7-8-22-13-35-37(5)29(22)25)31-30(26)41(33(43)36-32)24(18-44-31)17-38-11-10-23(34)16-38;1-6-27(41)39-21(3)16-38(17-22(39)4)32-26-14-20(2)28(25-9-7-8-23-15-34-36(5)29(23)25)31-30(26)40(33(42)35-32)24(19-44-31)18-37-10-12-43-13-11-37/h7-10,15-16,22-23,25H,1,11-14,17-20H2,2-6H3;6-9,12-13,20-21,23-24H,1,10-11,14-18H2,2-5H3;6-9,14-15,21-22,24H,1,10-13,16-19H2,2-5H3/t22-,23+,25?;20-,21+,23?,24?;21-,22+,24?. The van der Waals surface area contributed by atoms with Crippen molar-refractivity contribution in [3.05, 3.63) is 177 Å². The fraction of sp³-hybridized carbons (Fsp3) is 0.460. The minimum Gasteiger partial charge on any atom is -0.379 e. The fourth-order valence-corrected chi connectivity index (χ4v) is 27.0.